The van der Waals surface area contributed by atoms with E-state index in [4.69, 9.17) is 47.6 Å². The molecule has 0 saturated carbocycles. The second kappa shape index (κ2) is 12.3. The average Bonchev–Trinajstić information content (AvgIpc) is 3.67. The van der Waals surface area contributed by atoms with Crippen molar-refractivity contribution in [3.8, 4) is 45.4 Å². The summed E-state index contributed by atoms with van der Waals surface area (Å²) in [7, 11) is 3.30. The van der Waals surface area contributed by atoms with Gasteiger partial charge in [0.1, 0.15) is 5.69 Å². The van der Waals surface area contributed by atoms with Crippen LogP contribution in [0.5, 0.6) is 11.8 Å². The normalized spacial score (nSPS) is 20.4. The van der Waals surface area contributed by atoms with Gasteiger partial charge < -0.3 is 14.8 Å². The van der Waals surface area contributed by atoms with Gasteiger partial charge in [0.2, 0.25) is 17.7 Å². The molecule has 1 N–H and O–H groups in total. The fraction of sp³-hybridized carbons (Fsp3) is 0.405. The first-order valence-electron chi connectivity index (χ1n) is 16.6. The number of hydrogen-bond donors (Lipinski definition) is 1. The molecule has 9 nitrogen and oxygen atoms in total. The number of aromatic nitrogens is 3. The van der Waals surface area contributed by atoms with Crippen molar-refractivity contribution in [1.82, 2.24) is 30.1 Å². The lowest BCUT2D eigenvalue weighted by atomic mass is 9.88. The summed E-state index contributed by atoms with van der Waals surface area (Å²) in [4.78, 5) is 31.1. The number of carbonyl (C=O) groups is 1. The first-order valence-corrected chi connectivity index (χ1v) is 17.3. The smallest absolute Gasteiger partial charge is 0.237 e. The zero-order valence-corrected chi connectivity index (χ0v) is 28.9. The highest BCUT2D eigenvalue weighted by Crippen LogP contribution is 2.47. The quantitative estimate of drug-likeness (QED) is 0.222. The van der Waals surface area contributed by atoms with Crippen molar-refractivity contribution in [3.63, 3.8) is 0 Å². The fourth-order valence-corrected chi connectivity index (χ4v) is 8.71. The van der Waals surface area contributed by atoms with Crippen LogP contribution < -0.4 is 14.8 Å². The molecule has 0 radical (unpaired) electrons. The number of hydrogen-bond acceptors (Lipinski definition) is 8. The van der Waals surface area contributed by atoms with Gasteiger partial charge in [0.25, 0.3) is 0 Å². The molecule has 11 heteroatoms. The molecule has 4 aliphatic rings. The van der Waals surface area contributed by atoms with Crippen molar-refractivity contribution >= 4 is 29.1 Å². The molecule has 4 aromatic rings. The highest BCUT2D eigenvalue weighted by molar-refractivity contribution is 6.39. The minimum absolute atomic E-state index is 0.0945. The van der Waals surface area contributed by atoms with Crippen LogP contribution in [0.4, 0.5) is 0 Å². The van der Waals surface area contributed by atoms with Gasteiger partial charge in [0.15, 0.2) is 0 Å². The largest absolute Gasteiger partial charge is 0.481 e. The second-order valence-corrected chi connectivity index (χ2v) is 14.5. The van der Waals surface area contributed by atoms with Crippen molar-refractivity contribution in [2.24, 2.45) is 5.92 Å². The number of benzene rings is 2. The molecule has 8 rings (SSSR count). The zero-order chi connectivity index (χ0) is 33.2. The number of rotatable bonds is 8. The Bertz CT molecular complexity index is 1920. The third-order valence-electron chi connectivity index (χ3n) is 10.4. The number of ether oxygens (including phenoxy) is 2. The number of halogens is 2. The molecule has 0 unspecified atom stereocenters. The molecule has 1 spiro atoms. The molecular formula is C37H38Cl2N6O3. The molecule has 0 bridgehead atoms. The molecule has 3 saturated heterocycles. The van der Waals surface area contributed by atoms with E-state index in [1.165, 1.54) is 11.1 Å². The van der Waals surface area contributed by atoms with Crippen LogP contribution in [0.1, 0.15) is 49.0 Å². The van der Waals surface area contributed by atoms with Crippen LogP contribution in [-0.2, 0) is 17.8 Å². The highest BCUT2D eigenvalue weighted by atomic mass is 35.5. The summed E-state index contributed by atoms with van der Waals surface area (Å²) in [6.07, 6.45) is 5.28. The molecule has 1 amide bonds. The number of nitrogens with zero attached hydrogens (tertiary/aromatic N) is 5. The Morgan fingerprint density at radius 1 is 0.917 bits per heavy atom. The molecule has 5 heterocycles. The van der Waals surface area contributed by atoms with Crippen molar-refractivity contribution < 1.29 is 14.3 Å². The summed E-state index contributed by atoms with van der Waals surface area (Å²) in [5.74, 6) is 2.00. The van der Waals surface area contributed by atoms with Crippen molar-refractivity contribution in [1.29, 1.82) is 0 Å². The summed E-state index contributed by atoms with van der Waals surface area (Å²) >= 11 is 14.3. The van der Waals surface area contributed by atoms with Crippen LogP contribution in [0.3, 0.4) is 0 Å². The number of fused-ring (bicyclic) bond motifs is 1. The molecule has 248 valence electrons. The van der Waals surface area contributed by atoms with Crippen LogP contribution in [0, 0.1) is 5.92 Å². The van der Waals surface area contributed by atoms with Crippen molar-refractivity contribution in [2.45, 2.75) is 50.7 Å². The summed E-state index contributed by atoms with van der Waals surface area (Å²) in [6, 6.07) is 14.3. The Morgan fingerprint density at radius 3 is 2.19 bits per heavy atom. The minimum Gasteiger partial charge on any atom is -0.481 e. The molecule has 3 fully saturated rings. The maximum atomic E-state index is 11.7. The van der Waals surface area contributed by atoms with E-state index in [0.29, 0.717) is 46.5 Å². The molecule has 48 heavy (non-hydrogen) atoms. The van der Waals surface area contributed by atoms with E-state index in [1.807, 2.05) is 36.4 Å². The topological polar surface area (TPSA) is 92.7 Å². The fourth-order valence-electron chi connectivity index (χ4n) is 8.06. The number of aryl methyl sites for hydroxylation is 1. The standard InChI is InChI=1S/C37H38Cl2N6O3/c1-21-16-45(17-21)30-11-10-22-14-27(41-36(48-3)32(22)30)25-8-4-6-23(33(25)38)24-7-5-9-26(34(24)39)28-15-40-29(35(42-28)47-2)18-44-19-37(20-44)13-12-31(46)43-37/h4-9,14-15,21,30H,10-13,16-20H2,1-3H3,(H,43,46)/t30-/m1/s1. The predicted molar refractivity (Wildman–Crippen MR) is 186 cm³/mol. The molecular weight excluding hydrogens is 647 g/mol. The Labute approximate surface area is 290 Å². The van der Waals surface area contributed by atoms with Gasteiger partial charge in [0.05, 0.1) is 47.4 Å². The van der Waals surface area contributed by atoms with E-state index in [1.54, 1.807) is 20.4 Å². The highest BCUT2D eigenvalue weighted by Gasteiger charge is 2.47. The van der Waals surface area contributed by atoms with Gasteiger partial charge >= 0.3 is 0 Å². The zero-order valence-electron chi connectivity index (χ0n) is 27.4. The summed E-state index contributed by atoms with van der Waals surface area (Å²) in [6.45, 7) is 6.71. The van der Waals surface area contributed by atoms with Gasteiger partial charge in [0, 0.05) is 73.0 Å². The lowest BCUT2D eigenvalue weighted by molar-refractivity contribution is -0.120. The van der Waals surface area contributed by atoms with Gasteiger partial charge in [-0.2, -0.15) is 0 Å². The SMILES string of the molecule is COc1nc(-c2cccc(-c3cccc(-c4cc5c(c(OC)n4)[C@H](N4CC(C)C4)CC5)c3Cl)c2Cl)cnc1CN1CC2(CCC(=O)N2)C1. The Balaban J connectivity index is 1.07. The van der Waals surface area contributed by atoms with Crippen molar-refractivity contribution in [2.75, 3.05) is 40.4 Å². The Kier molecular flexibility index (Phi) is 8.06. The number of amides is 1. The van der Waals surface area contributed by atoms with Gasteiger partial charge in [-0.1, -0.05) is 66.5 Å². The number of likely N-dealkylation sites (tertiary alicyclic amines) is 2. The van der Waals surface area contributed by atoms with E-state index < -0.39 is 0 Å². The third-order valence-corrected chi connectivity index (χ3v) is 11.2. The lowest BCUT2D eigenvalue weighted by Gasteiger charge is -2.47. The molecule has 2 aromatic heterocycles. The van der Waals surface area contributed by atoms with Gasteiger partial charge in [-0.25, -0.2) is 9.97 Å². The third kappa shape index (κ3) is 5.41. The summed E-state index contributed by atoms with van der Waals surface area (Å²) < 4.78 is 11.6. The lowest BCUT2D eigenvalue weighted by Crippen LogP contribution is -2.66. The number of methoxy groups -OCH3 is 2. The van der Waals surface area contributed by atoms with Crippen LogP contribution in [0.25, 0.3) is 33.6 Å². The van der Waals surface area contributed by atoms with E-state index >= 15 is 0 Å². The van der Waals surface area contributed by atoms with Crippen molar-refractivity contribution in [3.05, 3.63) is 75.5 Å². The summed E-state index contributed by atoms with van der Waals surface area (Å²) in [5.41, 5.74) is 7.68. The molecule has 3 aliphatic heterocycles. The minimum atomic E-state index is -0.0945. The maximum absolute atomic E-state index is 11.7. The van der Waals surface area contributed by atoms with E-state index in [9.17, 15) is 4.79 Å². The van der Waals surface area contributed by atoms with Gasteiger partial charge in [-0.3, -0.25) is 19.6 Å². The number of nitrogens with one attached hydrogen (secondary N) is 1. The van der Waals surface area contributed by atoms with Gasteiger partial charge in [-0.05, 0) is 36.8 Å². The Hall–Kier alpha value is -3.76. The van der Waals surface area contributed by atoms with E-state index in [-0.39, 0.29) is 11.4 Å². The van der Waals surface area contributed by atoms with E-state index in [0.717, 1.165) is 85.0 Å². The summed E-state index contributed by atoms with van der Waals surface area (Å²) in [5, 5.41) is 4.22. The number of pyridine rings is 1. The van der Waals surface area contributed by atoms with Gasteiger partial charge in [-0.15, -0.1) is 0 Å². The first-order chi connectivity index (χ1) is 23.3. The Morgan fingerprint density at radius 2 is 1.56 bits per heavy atom. The van der Waals surface area contributed by atoms with Crippen LogP contribution in [0.15, 0.2) is 48.7 Å². The van der Waals surface area contributed by atoms with Crippen LogP contribution >= 0.6 is 23.2 Å². The molecule has 1 atom stereocenters. The maximum Gasteiger partial charge on any atom is 0.237 e. The molecule has 1 aliphatic carbocycles. The van der Waals surface area contributed by atoms with E-state index in [2.05, 4.69) is 28.1 Å². The monoisotopic (exact) mass is 684 g/mol. The molecule has 2 aromatic carbocycles. The predicted octanol–water partition coefficient (Wildman–Crippen LogP) is 6.60. The first kappa shape index (κ1) is 31.5. The second-order valence-electron chi connectivity index (χ2n) is 13.7. The number of carbonyl (C=O) groups excluding carboxylic acids is 1. The van der Waals surface area contributed by atoms with Crippen LogP contribution in [0.2, 0.25) is 10.0 Å². The average molecular weight is 686 g/mol. The van der Waals surface area contributed by atoms with Crippen LogP contribution in [-0.4, -0.2) is 76.6 Å².